The normalized spacial score (nSPS) is 11.3. The molecule has 0 atom stereocenters. The Bertz CT molecular complexity index is 507. The smallest absolute Gasteiger partial charge is 0.243 e. The summed E-state index contributed by atoms with van der Waals surface area (Å²) < 4.78 is 14.4. The molecule has 0 amide bonds. The number of aromatic nitrogens is 3. The van der Waals surface area contributed by atoms with Gasteiger partial charge in [0.15, 0.2) is 5.65 Å². The van der Waals surface area contributed by atoms with E-state index < -0.39 is 0 Å². The number of rotatable bonds is 6. The number of pyridine rings is 1. The van der Waals surface area contributed by atoms with Gasteiger partial charge in [0.05, 0.1) is 6.20 Å². The van der Waals surface area contributed by atoms with E-state index in [-0.39, 0.29) is 5.82 Å². The van der Waals surface area contributed by atoms with Gasteiger partial charge in [0.25, 0.3) is 0 Å². The molecular weight excluding hydrogens is 231 g/mol. The molecule has 0 bridgehead atoms. The first kappa shape index (κ1) is 12.8. The number of fused-ring (bicyclic) bond motifs is 1. The molecule has 0 saturated carbocycles. The fourth-order valence-electron chi connectivity index (χ4n) is 1.81. The summed E-state index contributed by atoms with van der Waals surface area (Å²) in [5, 5.41) is 7.32. The van der Waals surface area contributed by atoms with E-state index in [2.05, 4.69) is 29.2 Å². The van der Waals surface area contributed by atoms with E-state index in [0.29, 0.717) is 11.6 Å². The minimum atomic E-state index is -0.309. The molecule has 0 aliphatic rings. The summed E-state index contributed by atoms with van der Waals surface area (Å²) in [7, 11) is 0. The summed E-state index contributed by atoms with van der Waals surface area (Å²) in [5.74, 6) is 1.00. The van der Waals surface area contributed by atoms with Crippen molar-refractivity contribution < 1.29 is 4.39 Å². The van der Waals surface area contributed by atoms with Crippen LogP contribution in [0, 0.1) is 11.7 Å². The molecule has 2 heterocycles. The highest BCUT2D eigenvalue weighted by atomic mass is 19.1. The lowest BCUT2D eigenvalue weighted by Gasteiger charge is -2.04. The first-order chi connectivity index (χ1) is 8.65. The molecular formula is C13H19FN4. The Balaban J connectivity index is 1.84. The quantitative estimate of drug-likeness (QED) is 0.801. The van der Waals surface area contributed by atoms with Gasteiger partial charge in [-0.25, -0.2) is 8.91 Å². The van der Waals surface area contributed by atoms with E-state index in [1.807, 2.05) is 0 Å². The van der Waals surface area contributed by atoms with Crippen LogP contribution in [0.25, 0.3) is 5.65 Å². The summed E-state index contributed by atoms with van der Waals surface area (Å²) in [6, 6.07) is 3.00. The predicted octanol–water partition coefficient (Wildman–Crippen LogP) is 3.11. The molecule has 2 rings (SSSR count). The summed E-state index contributed by atoms with van der Waals surface area (Å²) in [6.07, 6.45) is 4.87. The largest absolute Gasteiger partial charge is 0.353 e. The molecule has 4 nitrogen and oxygen atoms in total. The molecule has 0 aliphatic carbocycles. The SMILES string of the molecule is CC(C)CCCCNc1nc2ccc(F)cn2n1. The van der Waals surface area contributed by atoms with Gasteiger partial charge in [-0.15, -0.1) is 5.10 Å². The summed E-state index contributed by atoms with van der Waals surface area (Å²) in [4.78, 5) is 4.26. The van der Waals surface area contributed by atoms with Gasteiger partial charge in [-0.1, -0.05) is 26.7 Å². The highest BCUT2D eigenvalue weighted by Crippen LogP contribution is 2.08. The van der Waals surface area contributed by atoms with Crippen molar-refractivity contribution in [1.29, 1.82) is 0 Å². The lowest BCUT2D eigenvalue weighted by atomic mass is 10.1. The standard InChI is InChI=1S/C13H19FN4/c1-10(2)5-3-4-8-15-13-16-12-7-6-11(14)9-18(12)17-13/h6-7,9-10H,3-5,8H2,1-2H3,(H,15,17). The van der Waals surface area contributed by atoms with Crippen molar-refractivity contribution in [2.45, 2.75) is 33.1 Å². The summed E-state index contributed by atoms with van der Waals surface area (Å²) >= 11 is 0. The first-order valence-corrected chi connectivity index (χ1v) is 6.41. The molecule has 5 heteroatoms. The van der Waals surface area contributed by atoms with E-state index >= 15 is 0 Å². The molecule has 0 aromatic carbocycles. The lowest BCUT2D eigenvalue weighted by molar-refractivity contribution is 0.544. The predicted molar refractivity (Wildman–Crippen MR) is 70.1 cm³/mol. The number of hydrogen-bond acceptors (Lipinski definition) is 3. The second kappa shape index (κ2) is 5.80. The van der Waals surface area contributed by atoms with Crippen LogP contribution >= 0.6 is 0 Å². The third-order valence-electron chi connectivity index (χ3n) is 2.79. The van der Waals surface area contributed by atoms with Crippen molar-refractivity contribution in [1.82, 2.24) is 14.6 Å². The van der Waals surface area contributed by atoms with Crippen LogP contribution in [0.3, 0.4) is 0 Å². The molecule has 0 aliphatic heterocycles. The highest BCUT2D eigenvalue weighted by Gasteiger charge is 2.03. The van der Waals surface area contributed by atoms with Crippen LogP contribution in [-0.2, 0) is 0 Å². The fourth-order valence-corrected chi connectivity index (χ4v) is 1.81. The van der Waals surface area contributed by atoms with Gasteiger partial charge in [-0.3, -0.25) is 0 Å². The molecule has 2 aromatic heterocycles. The summed E-state index contributed by atoms with van der Waals surface area (Å²) in [5.41, 5.74) is 0.654. The topological polar surface area (TPSA) is 42.2 Å². The number of nitrogens with one attached hydrogen (secondary N) is 1. The fraction of sp³-hybridized carbons (Fsp3) is 0.538. The number of nitrogens with zero attached hydrogens (tertiary/aromatic N) is 3. The molecule has 0 unspecified atom stereocenters. The summed E-state index contributed by atoms with van der Waals surface area (Å²) in [6.45, 7) is 5.31. The second-order valence-corrected chi connectivity index (χ2v) is 4.90. The van der Waals surface area contributed by atoms with Gasteiger partial charge in [0.1, 0.15) is 5.82 Å². The van der Waals surface area contributed by atoms with E-state index in [1.54, 1.807) is 6.07 Å². The molecule has 0 radical (unpaired) electrons. The van der Waals surface area contributed by atoms with Crippen molar-refractivity contribution in [3.8, 4) is 0 Å². The van der Waals surface area contributed by atoms with Gasteiger partial charge in [0, 0.05) is 6.54 Å². The van der Waals surface area contributed by atoms with E-state index in [4.69, 9.17) is 0 Å². The Labute approximate surface area is 106 Å². The van der Waals surface area contributed by atoms with Crippen LogP contribution in [0.2, 0.25) is 0 Å². The van der Waals surface area contributed by atoms with Crippen molar-refractivity contribution in [2.75, 3.05) is 11.9 Å². The van der Waals surface area contributed by atoms with Crippen molar-refractivity contribution >= 4 is 11.6 Å². The second-order valence-electron chi connectivity index (χ2n) is 4.90. The van der Waals surface area contributed by atoms with Gasteiger partial charge >= 0.3 is 0 Å². The third kappa shape index (κ3) is 3.42. The molecule has 1 N–H and O–H groups in total. The van der Waals surface area contributed by atoms with E-state index in [1.165, 1.54) is 29.6 Å². The minimum absolute atomic E-state index is 0.309. The van der Waals surface area contributed by atoms with Crippen molar-refractivity contribution in [3.05, 3.63) is 24.1 Å². The Morgan fingerprint density at radius 3 is 2.94 bits per heavy atom. The number of anilines is 1. The van der Waals surface area contributed by atoms with Gasteiger partial charge in [0.2, 0.25) is 5.95 Å². The van der Waals surface area contributed by atoms with E-state index in [9.17, 15) is 4.39 Å². The Kier molecular flexibility index (Phi) is 4.12. The maximum Gasteiger partial charge on any atom is 0.243 e. The molecule has 2 aromatic rings. The van der Waals surface area contributed by atoms with E-state index in [0.717, 1.165) is 18.9 Å². The molecule has 0 spiro atoms. The third-order valence-corrected chi connectivity index (χ3v) is 2.79. The average Bonchev–Trinajstić information content (AvgIpc) is 2.70. The number of unbranched alkanes of at least 4 members (excludes halogenated alkanes) is 1. The van der Waals surface area contributed by atoms with Crippen LogP contribution in [0.15, 0.2) is 18.3 Å². The maximum absolute atomic E-state index is 13.0. The molecule has 0 fully saturated rings. The van der Waals surface area contributed by atoms with Gasteiger partial charge in [-0.2, -0.15) is 4.98 Å². The average molecular weight is 250 g/mol. The zero-order valence-corrected chi connectivity index (χ0v) is 10.9. The molecule has 18 heavy (non-hydrogen) atoms. The minimum Gasteiger partial charge on any atom is -0.353 e. The van der Waals surface area contributed by atoms with Crippen molar-refractivity contribution in [3.63, 3.8) is 0 Å². The number of halogens is 1. The molecule has 98 valence electrons. The van der Waals surface area contributed by atoms with Crippen molar-refractivity contribution in [2.24, 2.45) is 5.92 Å². The lowest BCUT2D eigenvalue weighted by Crippen LogP contribution is -2.03. The van der Waals surface area contributed by atoms with Crippen LogP contribution in [0.4, 0.5) is 10.3 Å². The first-order valence-electron chi connectivity index (χ1n) is 6.41. The number of hydrogen-bond donors (Lipinski definition) is 1. The van der Waals surface area contributed by atoms with Crippen LogP contribution < -0.4 is 5.32 Å². The monoisotopic (exact) mass is 250 g/mol. The van der Waals surface area contributed by atoms with Crippen LogP contribution in [0.1, 0.15) is 33.1 Å². The zero-order valence-electron chi connectivity index (χ0n) is 10.9. The molecule has 0 saturated heterocycles. The maximum atomic E-state index is 13.0. The Morgan fingerprint density at radius 1 is 1.33 bits per heavy atom. The van der Waals surface area contributed by atoms with Gasteiger partial charge in [-0.05, 0) is 24.5 Å². The van der Waals surface area contributed by atoms with Crippen LogP contribution in [0.5, 0.6) is 0 Å². The van der Waals surface area contributed by atoms with Crippen LogP contribution in [-0.4, -0.2) is 21.1 Å². The zero-order chi connectivity index (χ0) is 13.0. The Morgan fingerprint density at radius 2 is 2.17 bits per heavy atom. The highest BCUT2D eigenvalue weighted by molar-refractivity contribution is 5.42. The van der Waals surface area contributed by atoms with Gasteiger partial charge < -0.3 is 5.32 Å². The Hall–Kier alpha value is -1.65.